The van der Waals surface area contributed by atoms with E-state index < -0.39 is 11.6 Å². The van der Waals surface area contributed by atoms with Gasteiger partial charge in [-0.25, -0.2) is 18.7 Å². The van der Waals surface area contributed by atoms with E-state index >= 15 is 0 Å². The van der Waals surface area contributed by atoms with Crippen molar-refractivity contribution in [2.45, 2.75) is 51.5 Å². The summed E-state index contributed by atoms with van der Waals surface area (Å²) in [6.45, 7) is 6.92. The third-order valence-corrected chi connectivity index (χ3v) is 5.85. The van der Waals surface area contributed by atoms with Crippen LogP contribution in [0.3, 0.4) is 0 Å². The van der Waals surface area contributed by atoms with Crippen molar-refractivity contribution in [1.82, 2.24) is 14.5 Å². The molecule has 0 fully saturated rings. The van der Waals surface area contributed by atoms with Crippen LogP contribution in [0, 0.1) is 25.5 Å². The van der Waals surface area contributed by atoms with Crippen molar-refractivity contribution in [2.24, 2.45) is 0 Å². The Kier molecular flexibility index (Phi) is 5.99. The van der Waals surface area contributed by atoms with E-state index in [0.29, 0.717) is 10.7 Å². The number of pyridine rings is 1. The van der Waals surface area contributed by atoms with Crippen molar-refractivity contribution < 1.29 is 8.78 Å². The maximum Gasteiger partial charge on any atom is 0.151 e. The van der Waals surface area contributed by atoms with E-state index in [1.807, 2.05) is 6.92 Å². The summed E-state index contributed by atoms with van der Waals surface area (Å²) in [6, 6.07) is 3.72. The number of unbranched alkanes of at least 4 members (excludes halogenated alkanes) is 1. The molecular weight excluding hydrogens is 366 g/mol. The Labute approximate surface area is 162 Å². The number of hydrogen-bond donors (Lipinski definition) is 1. The highest BCUT2D eigenvalue weighted by molar-refractivity contribution is 7.99. The van der Waals surface area contributed by atoms with Gasteiger partial charge in [0.1, 0.15) is 23.0 Å². The highest BCUT2D eigenvalue weighted by Crippen LogP contribution is 2.27. The summed E-state index contributed by atoms with van der Waals surface area (Å²) in [5, 5.41) is 0. The molecule has 2 N–H and O–H groups in total. The quantitative estimate of drug-likeness (QED) is 0.453. The van der Waals surface area contributed by atoms with Crippen LogP contribution in [0.1, 0.15) is 36.8 Å². The van der Waals surface area contributed by atoms with E-state index in [0.717, 1.165) is 65.7 Å². The minimum Gasteiger partial charge on any atom is -0.382 e. The Bertz CT molecular complexity index is 969. The largest absolute Gasteiger partial charge is 0.382 e. The van der Waals surface area contributed by atoms with Crippen LogP contribution in [0.5, 0.6) is 0 Å². The molecule has 4 nitrogen and oxygen atoms in total. The number of halogens is 2. The molecule has 0 aliphatic heterocycles. The molecule has 0 bridgehead atoms. The van der Waals surface area contributed by atoms with E-state index in [2.05, 4.69) is 28.4 Å². The van der Waals surface area contributed by atoms with Gasteiger partial charge in [0.25, 0.3) is 0 Å². The average Bonchev–Trinajstić information content (AvgIpc) is 3.00. The van der Waals surface area contributed by atoms with Crippen LogP contribution in [-0.2, 0) is 13.0 Å². The lowest BCUT2D eigenvalue weighted by Gasteiger charge is -2.11. The number of fused-ring (bicyclic) bond motifs is 1. The van der Waals surface area contributed by atoms with E-state index in [1.165, 1.54) is 23.9 Å². The Morgan fingerprint density at radius 1 is 1.15 bits per heavy atom. The maximum absolute atomic E-state index is 13.7. The molecule has 0 atom stereocenters. The summed E-state index contributed by atoms with van der Waals surface area (Å²) in [7, 11) is 0. The van der Waals surface area contributed by atoms with E-state index in [9.17, 15) is 8.78 Å². The Morgan fingerprint density at radius 3 is 2.63 bits per heavy atom. The van der Waals surface area contributed by atoms with Crippen LogP contribution in [0.2, 0.25) is 0 Å². The zero-order valence-corrected chi connectivity index (χ0v) is 16.7. The van der Waals surface area contributed by atoms with Gasteiger partial charge in [0.2, 0.25) is 0 Å². The summed E-state index contributed by atoms with van der Waals surface area (Å²) in [5.74, 6) is 1.21. The lowest BCUT2D eigenvalue weighted by atomic mass is 10.2. The van der Waals surface area contributed by atoms with Crippen molar-refractivity contribution in [1.29, 1.82) is 0 Å². The molecule has 27 heavy (non-hydrogen) atoms. The number of thioether (sulfide) groups is 1. The van der Waals surface area contributed by atoms with Crippen LogP contribution in [0.25, 0.3) is 11.0 Å². The Hall–Kier alpha value is -2.15. The molecule has 2 heterocycles. The van der Waals surface area contributed by atoms with Crippen LogP contribution in [-0.4, -0.2) is 20.3 Å². The smallest absolute Gasteiger partial charge is 0.151 e. The third kappa shape index (κ3) is 4.08. The standard InChI is InChI=1S/C20H24F2N4S/c1-4-17-25-18-19(12(2)13(3)24-20(18)23)26(17)9-5-6-10-27-16-8-7-14(21)11-15(16)22/h7-8,11H,4-6,9-10H2,1-3H3,(H2,23,24). The molecule has 0 unspecified atom stereocenters. The van der Waals surface area contributed by atoms with Gasteiger partial charge in [-0.3, -0.25) is 0 Å². The van der Waals surface area contributed by atoms with Gasteiger partial charge in [-0.2, -0.15) is 0 Å². The van der Waals surface area contributed by atoms with Crippen LogP contribution in [0.15, 0.2) is 23.1 Å². The molecule has 0 saturated heterocycles. The van der Waals surface area contributed by atoms with Gasteiger partial charge >= 0.3 is 0 Å². The maximum atomic E-state index is 13.7. The zero-order valence-electron chi connectivity index (χ0n) is 15.9. The fraction of sp³-hybridized carbons (Fsp3) is 0.400. The first-order chi connectivity index (χ1) is 12.9. The minimum atomic E-state index is -0.546. The second-order valence-corrected chi connectivity index (χ2v) is 7.70. The second-order valence-electron chi connectivity index (χ2n) is 6.57. The van der Waals surface area contributed by atoms with Crippen molar-refractivity contribution in [3.05, 3.63) is 46.9 Å². The molecular formula is C20H24F2N4S. The predicted octanol–water partition coefficient (Wildman–Crippen LogP) is 5.04. The summed E-state index contributed by atoms with van der Waals surface area (Å²) >= 11 is 1.42. The molecule has 0 saturated carbocycles. The van der Waals surface area contributed by atoms with Gasteiger partial charge in [-0.1, -0.05) is 6.92 Å². The molecule has 0 amide bonds. The van der Waals surface area contributed by atoms with Crippen LogP contribution < -0.4 is 5.73 Å². The molecule has 0 spiro atoms. The van der Waals surface area contributed by atoms with E-state index in [1.54, 1.807) is 0 Å². The fourth-order valence-corrected chi connectivity index (χ4v) is 4.13. The van der Waals surface area contributed by atoms with E-state index in [4.69, 9.17) is 5.73 Å². The molecule has 0 aliphatic rings. The number of anilines is 1. The van der Waals surface area contributed by atoms with Gasteiger partial charge < -0.3 is 10.3 Å². The number of hydrogen-bond acceptors (Lipinski definition) is 4. The summed E-state index contributed by atoms with van der Waals surface area (Å²) < 4.78 is 28.9. The van der Waals surface area contributed by atoms with Gasteiger partial charge in [0.05, 0.1) is 5.52 Å². The molecule has 144 valence electrons. The number of nitrogens with zero attached hydrogens (tertiary/aromatic N) is 3. The normalized spacial score (nSPS) is 11.4. The molecule has 1 aromatic carbocycles. The third-order valence-electron chi connectivity index (χ3n) is 4.72. The second kappa shape index (κ2) is 8.25. The van der Waals surface area contributed by atoms with Gasteiger partial charge in [-0.05, 0) is 50.1 Å². The number of rotatable bonds is 7. The SMILES string of the molecule is CCc1nc2c(N)nc(C)c(C)c2n1CCCCSc1ccc(F)cc1F. The first-order valence-corrected chi connectivity index (χ1v) is 10.1. The highest BCUT2D eigenvalue weighted by atomic mass is 32.2. The number of imidazole rings is 1. The van der Waals surface area contributed by atoms with Crippen molar-refractivity contribution in [2.75, 3.05) is 11.5 Å². The first-order valence-electron chi connectivity index (χ1n) is 9.12. The molecule has 2 aromatic heterocycles. The molecule has 7 heteroatoms. The molecule has 3 aromatic rings. The minimum absolute atomic E-state index is 0.476. The number of aromatic nitrogens is 3. The van der Waals surface area contributed by atoms with Gasteiger partial charge in [-0.15, -0.1) is 11.8 Å². The topological polar surface area (TPSA) is 56.7 Å². The van der Waals surface area contributed by atoms with Gasteiger partial charge in [0.15, 0.2) is 5.82 Å². The lowest BCUT2D eigenvalue weighted by molar-refractivity contribution is 0.565. The van der Waals surface area contributed by atoms with Crippen molar-refractivity contribution >= 4 is 28.6 Å². The molecule has 3 rings (SSSR count). The van der Waals surface area contributed by atoms with E-state index in [-0.39, 0.29) is 0 Å². The van der Waals surface area contributed by atoms with Gasteiger partial charge in [0, 0.05) is 29.6 Å². The number of nitrogens with two attached hydrogens (primary N) is 1. The summed E-state index contributed by atoms with van der Waals surface area (Å²) in [5.41, 5.74) is 9.94. The highest BCUT2D eigenvalue weighted by Gasteiger charge is 2.16. The monoisotopic (exact) mass is 390 g/mol. The number of benzene rings is 1. The number of aryl methyl sites for hydroxylation is 4. The Morgan fingerprint density at radius 2 is 1.93 bits per heavy atom. The zero-order chi connectivity index (χ0) is 19.6. The predicted molar refractivity (Wildman–Crippen MR) is 107 cm³/mol. The summed E-state index contributed by atoms with van der Waals surface area (Å²) in [4.78, 5) is 9.56. The summed E-state index contributed by atoms with van der Waals surface area (Å²) in [6.07, 6.45) is 2.68. The van der Waals surface area contributed by atoms with Crippen LogP contribution in [0.4, 0.5) is 14.6 Å². The molecule has 0 aliphatic carbocycles. The first kappa shape index (κ1) is 19.6. The van der Waals surface area contributed by atoms with Crippen molar-refractivity contribution in [3.8, 4) is 0 Å². The van der Waals surface area contributed by atoms with Crippen molar-refractivity contribution in [3.63, 3.8) is 0 Å². The molecule has 0 radical (unpaired) electrons. The fourth-order valence-electron chi connectivity index (χ4n) is 3.20. The van der Waals surface area contributed by atoms with Crippen LogP contribution >= 0.6 is 11.8 Å². The number of nitrogen functional groups attached to an aromatic ring is 1. The lowest BCUT2D eigenvalue weighted by Crippen LogP contribution is -2.05. The average molecular weight is 391 g/mol. The Balaban J connectivity index is 1.68.